The van der Waals surface area contributed by atoms with Gasteiger partial charge in [0.05, 0.1) is 7.11 Å². The smallest absolute Gasteiger partial charge is 0.330 e. The first kappa shape index (κ1) is 16.0. The largest absolute Gasteiger partial charge is 0.466 e. The number of esters is 1. The summed E-state index contributed by atoms with van der Waals surface area (Å²) in [6, 6.07) is 0. The lowest BCUT2D eigenvalue weighted by Gasteiger charge is -2.07. The number of ether oxygens (including phenoxy) is 1. The van der Waals surface area contributed by atoms with Crippen LogP contribution in [0.2, 0.25) is 0 Å². The second-order valence-electron chi connectivity index (χ2n) is 4.65. The van der Waals surface area contributed by atoms with Crippen LogP contribution in [0.3, 0.4) is 0 Å². The van der Waals surface area contributed by atoms with Crippen molar-refractivity contribution in [2.45, 2.75) is 52.9 Å². The molecule has 17 heavy (non-hydrogen) atoms. The number of carbonyl (C=O) groups excluding carboxylic acids is 1. The van der Waals surface area contributed by atoms with Crippen LogP contribution in [-0.4, -0.2) is 13.1 Å². The molecule has 0 N–H and O–H groups in total. The summed E-state index contributed by atoms with van der Waals surface area (Å²) < 4.78 is 4.56. The van der Waals surface area contributed by atoms with E-state index in [9.17, 15) is 4.79 Å². The molecule has 2 heteroatoms. The van der Waals surface area contributed by atoms with E-state index in [0.29, 0.717) is 0 Å². The molecule has 98 valence electrons. The highest BCUT2D eigenvalue weighted by molar-refractivity contribution is 5.83. The number of unbranched alkanes of at least 4 members (excludes halogenated alkanes) is 2. The Hall–Kier alpha value is -1.05. The van der Waals surface area contributed by atoms with Crippen LogP contribution in [0.25, 0.3) is 0 Å². The molecule has 0 fully saturated rings. The molecule has 0 saturated heterocycles. The zero-order valence-electron chi connectivity index (χ0n) is 11.7. The Bertz CT molecular complexity index is 264. The van der Waals surface area contributed by atoms with E-state index in [1.807, 2.05) is 13.0 Å². The molecule has 0 amide bonds. The van der Waals surface area contributed by atoms with Crippen LogP contribution in [0.5, 0.6) is 0 Å². The fourth-order valence-corrected chi connectivity index (χ4v) is 1.64. The second-order valence-corrected chi connectivity index (χ2v) is 4.65. The van der Waals surface area contributed by atoms with Crippen molar-refractivity contribution in [3.63, 3.8) is 0 Å². The minimum Gasteiger partial charge on any atom is -0.466 e. The van der Waals surface area contributed by atoms with Crippen molar-refractivity contribution in [2.75, 3.05) is 7.11 Å². The summed E-state index contributed by atoms with van der Waals surface area (Å²) in [6.07, 6.45) is 12.0. The van der Waals surface area contributed by atoms with E-state index in [-0.39, 0.29) is 5.97 Å². The summed E-state index contributed by atoms with van der Waals surface area (Å²) in [5.41, 5.74) is 0.942. The molecule has 1 unspecified atom stereocenters. The quantitative estimate of drug-likeness (QED) is 0.273. The predicted octanol–water partition coefficient (Wildman–Crippen LogP) is 4.27. The fraction of sp³-hybridized carbons (Fsp3) is 0.667. The number of carbonyl (C=O) groups is 1. The third kappa shape index (κ3) is 9.86. The molecule has 0 saturated carbocycles. The van der Waals surface area contributed by atoms with Gasteiger partial charge in [-0.1, -0.05) is 51.7 Å². The summed E-state index contributed by atoms with van der Waals surface area (Å²) in [7, 11) is 1.39. The molecule has 0 spiro atoms. The first-order chi connectivity index (χ1) is 8.10. The maximum Gasteiger partial charge on any atom is 0.330 e. The topological polar surface area (TPSA) is 26.3 Å². The van der Waals surface area contributed by atoms with Gasteiger partial charge in [0.1, 0.15) is 0 Å². The van der Waals surface area contributed by atoms with Crippen molar-refractivity contribution < 1.29 is 9.53 Å². The molecule has 0 rings (SSSR count). The van der Waals surface area contributed by atoms with Gasteiger partial charge in [0.25, 0.3) is 0 Å². The van der Waals surface area contributed by atoms with Gasteiger partial charge in [-0.3, -0.25) is 0 Å². The molecule has 0 heterocycles. The zero-order valence-corrected chi connectivity index (χ0v) is 11.7. The number of hydrogen-bond donors (Lipinski definition) is 0. The predicted molar refractivity (Wildman–Crippen MR) is 72.8 cm³/mol. The molecule has 0 aromatic heterocycles. The van der Waals surface area contributed by atoms with Crippen molar-refractivity contribution in [3.8, 4) is 0 Å². The summed E-state index contributed by atoms with van der Waals surface area (Å²) >= 11 is 0. The lowest BCUT2D eigenvalue weighted by Crippen LogP contribution is -1.95. The molecule has 0 bridgehead atoms. The third-order valence-electron chi connectivity index (χ3n) is 2.77. The van der Waals surface area contributed by atoms with Crippen molar-refractivity contribution in [3.05, 3.63) is 23.8 Å². The maximum atomic E-state index is 11.0. The number of rotatable bonds is 8. The first-order valence-electron chi connectivity index (χ1n) is 6.53. The van der Waals surface area contributed by atoms with Crippen LogP contribution >= 0.6 is 0 Å². The first-order valence-corrected chi connectivity index (χ1v) is 6.53. The highest BCUT2D eigenvalue weighted by Gasteiger charge is 1.99. The Kier molecular flexibility index (Phi) is 9.50. The Labute approximate surface area is 106 Å². The molecular weight excluding hydrogens is 212 g/mol. The molecule has 0 radical (unpaired) electrons. The minimum atomic E-state index is -0.289. The molecule has 0 aliphatic carbocycles. The molecule has 0 aliphatic rings. The van der Waals surface area contributed by atoms with Gasteiger partial charge in [-0.2, -0.15) is 0 Å². The van der Waals surface area contributed by atoms with Crippen molar-refractivity contribution in [1.82, 2.24) is 0 Å². The van der Waals surface area contributed by atoms with Gasteiger partial charge in [-0.15, -0.1) is 0 Å². The van der Waals surface area contributed by atoms with Crippen molar-refractivity contribution >= 4 is 5.97 Å². The minimum absolute atomic E-state index is 0.289. The van der Waals surface area contributed by atoms with Gasteiger partial charge in [0.15, 0.2) is 0 Å². The lowest BCUT2D eigenvalue weighted by atomic mass is 9.99. The maximum absolute atomic E-state index is 11.0. The monoisotopic (exact) mass is 238 g/mol. The van der Waals surface area contributed by atoms with Gasteiger partial charge in [-0.25, -0.2) is 4.79 Å². The summed E-state index contributed by atoms with van der Waals surface area (Å²) in [5.74, 6) is 0.437. The number of methoxy groups -OCH3 is 1. The molecule has 0 aromatic carbocycles. The van der Waals surface area contributed by atoms with E-state index in [2.05, 4.69) is 24.7 Å². The fourth-order valence-electron chi connectivity index (χ4n) is 1.64. The van der Waals surface area contributed by atoms with Crippen LogP contribution in [-0.2, 0) is 9.53 Å². The van der Waals surface area contributed by atoms with Crippen LogP contribution in [0, 0.1) is 5.92 Å². The van der Waals surface area contributed by atoms with E-state index >= 15 is 0 Å². The van der Waals surface area contributed by atoms with E-state index in [0.717, 1.165) is 17.9 Å². The number of allylic oxidation sites excluding steroid dienone is 3. The highest BCUT2D eigenvalue weighted by atomic mass is 16.5. The Morgan fingerprint density at radius 1 is 1.35 bits per heavy atom. The standard InChI is InChI=1S/C15H26O2/c1-5-6-7-9-13(2)10-8-11-14(3)12-15(16)17-4/h8,11-13H,5-7,9-10H2,1-4H3/b11-8+,14-12+. The Balaban J connectivity index is 3.85. The van der Waals surface area contributed by atoms with Crippen molar-refractivity contribution in [1.29, 1.82) is 0 Å². The molecule has 2 nitrogen and oxygen atoms in total. The molecule has 1 atom stereocenters. The van der Waals surface area contributed by atoms with Gasteiger partial charge < -0.3 is 4.74 Å². The zero-order chi connectivity index (χ0) is 13.1. The average molecular weight is 238 g/mol. The summed E-state index contributed by atoms with van der Waals surface area (Å²) in [4.78, 5) is 11.0. The average Bonchev–Trinajstić information content (AvgIpc) is 2.29. The van der Waals surface area contributed by atoms with Crippen LogP contribution in [0.4, 0.5) is 0 Å². The van der Waals surface area contributed by atoms with Crippen LogP contribution < -0.4 is 0 Å². The normalized spacial score (nSPS) is 14.0. The molecular formula is C15H26O2. The van der Waals surface area contributed by atoms with E-state index in [1.54, 1.807) is 0 Å². The van der Waals surface area contributed by atoms with E-state index in [1.165, 1.54) is 38.9 Å². The summed E-state index contributed by atoms with van der Waals surface area (Å²) in [5, 5.41) is 0. The summed E-state index contributed by atoms with van der Waals surface area (Å²) in [6.45, 7) is 6.42. The van der Waals surface area contributed by atoms with Crippen LogP contribution in [0.15, 0.2) is 23.8 Å². The van der Waals surface area contributed by atoms with Gasteiger partial charge >= 0.3 is 5.97 Å². The second kappa shape index (κ2) is 10.1. The van der Waals surface area contributed by atoms with Crippen molar-refractivity contribution in [2.24, 2.45) is 5.92 Å². The molecule has 0 aliphatic heterocycles. The Morgan fingerprint density at radius 3 is 2.65 bits per heavy atom. The number of hydrogen-bond acceptors (Lipinski definition) is 2. The highest BCUT2D eigenvalue weighted by Crippen LogP contribution is 2.13. The van der Waals surface area contributed by atoms with Crippen LogP contribution in [0.1, 0.15) is 52.9 Å². The molecule has 0 aromatic rings. The van der Waals surface area contributed by atoms with Gasteiger partial charge in [-0.05, 0) is 24.8 Å². The van der Waals surface area contributed by atoms with E-state index in [4.69, 9.17) is 0 Å². The van der Waals surface area contributed by atoms with E-state index < -0.39 is 0 Å². The third-order valence-corrected chi connectivity index (χ3v) is 2.77. The SMILES string of the molecule is CCCCCC(C)C/C=C/C(C)=C/C(=O)OC. The lowest BCUT2D eigenvalue weighted by molar-refractivity contribution is -0.134. The van der Waals surface area contributed by atoms with Gasteiger partial charge in [0, 0.05) is 6.08 Å². The Morgan fingerprint density at radius 2 is 2.06 bits per heavy atom. The van der Waals surface area contributed by atoms with Gasteiger partial charge in [0.2, 0.25) is 0 Å².